The quantitative estimate of drug-likeness (QED) is 0.109. The maximum atomic E-state index is 13.2. The summed E-state index contributed by atoms with van der Waals surface area (Å²) < 4.78 is 49.1. The van der Waals surface area contributed by atoms with Crippen molar-refractivity contribution in [3.63, 3.8) is 0 Å². The summed E-state index contributed by atoms with van der Waals surface area (Å²) in [5.41, 5.74) is 0.211. The molecule has 0 aliphatic carbocycles. The molecule has 1 unspecified atom stereocenters. The van der Waals surface area contributed by atoms with Crippen molar-refractivity contribution in [2.24, 2.45) is 0 Å². The molecule has 6 atom stereocenters. The first kappa shape index (κ1) is 40.9. The van der Waals surface area contributed by atoms with Crippen LogP contribution in [0.4, 0.5) is 10.5 Å². The Morgan fingerprint density at radius 3 is 2.02 bits per heavy atom. The first-order valence-electron chi connectivity index (χ1n) is 15.3. The monoisotopic (exact) mass is 717 g/mol. The lowest BCUT2D eigenvalue weighted by Crippen LogP contribution is -2.63. The van der Waals surface area contributed by atoms with E-state index >= 15 is 0 Å². The van der Waals surface area contributed by atoms with Crippen LogP contribution in [0, 0.1) is 0 Å². The predicted molar refractivity (Wildman–Crippen MR) is 169 cm³/mol. The van der Waals surface area contributed by atoms with Crippen LogP contribution in [0.5, 0.6) is 11.5 Å². The zero-order valence-electron chi connectivity index (χ0n) is 28.5. The molecule has 2 rings (SSSR count). The Morgan fingerprint density at radius 1 is 0.857 bits per heavy atom. The second-order valence-electron chi connectivity index (χ2n) is 10.6. The third kappa shape index (κ3) is 13.3. The molecule has 18 heteroatoms. The van der Waals surface area contributed by atoms with E-state index in [1.165, 1.54) is 12.1 Å². The van der Waals surface area contributed by atoms with Crippen molar-refractivity contribution in [3.8, 4) is 11.5 Å². The lowest BCUT2D eigenvalue weighted by atomic mass is 9.98. The Labute approximate surface area is 287 Å². The van der Waals surface area contributed by atoms with Gasteiger partial charge in [-0.15, -0.1) is 11.8 Å². The van der Waals surface area contributed by atoms with Gasteiger partial charge < -0.3 is 47.7 Å². The molecule has 1 fully saturated rings. The molecule has 1 aromatic rings. The van der Waals surface area contributed by atoms with Gasteiger partial charge in [-0.3, -0.25) is 24.5 Å². The molecular formula is C31H43NO16S. The number of thioether (sulfide) groups is 1. The topological polar surface area (TPSA) is 218 Å². The third-order valence-electron chi connectivity index (χ3n) is 6.12. The minimum Gasteiger partial charge on any atom is -0.503 e. The number of benzene rings is 1. The Morgan fingerprint density at radius 2 is 1.47 bits per heavy atom. The van der Waals surface area contributed by atoms with Gasteiger partial charge in [0.25, 0.3) is 0 Å². The van der Waals surface area contributed by atoms with Crippen molar-refractivity contribution < 1.29 is 76.5 Å². The van der Waals surface area contributed by atoms with Gasteiger partial charge >= 0.3 is 35.9 Å². The highest BCUT2D eigenvalue weighted by Crippen LogP contribution is 2.41. The highest BCUT2D eigenvalue weighted by Gasteiger charge is 2.53. The van der Waals surface area contributed by atoms with Crippen LogP contribution < -0.4 is 10.1 Å². The Bertz CT molecular complexity index is 1340. The van der Waals surface area contributed by atoms with Crippen molar-refractivity contribution in [2.75, 3.05) is 30.9 Å². The van der Waals surface area contributed by atoms with E-state index in [9.17, 15) is 33.9 Å². The van der Waals surface area contributed by atoms with Crippen LogP contribution in [-0.2, 0) is 61.9 Å². The minimum atomic E-state index is -1.68. The SMILES string of the molecule is CCOC(=O)C(CSc1cc(NC(=O)OC(C)C)cc(OCC)c1O)O[C@H]1O[C@H](COC(C)=O)[C@@H](OC(C)=O)[C@H](OC(C)=O)[C@H]1OC(C)=O. The molecule has 274 valence electrons. The van der Waals surface area contributed by atoms with Gasteiger partial charge in [0, 0.05) is 45.2 Å². The number of aromatic hydroxyl groups is 1. The van der Waals surface area contributed by atoms with Crippen LogP contribution in [0.1, 0.15) is 55.4 Å². The lowest BCUT2D eigenvalue weighted by Gasteiger charge is -2.44. The Kier molecular flexibility index (Phi) is 16.4. The van der Waals surface area contributed by atoms with Gasteiger partial charge in [0.15, 0.2) is 42.2 Å². The van der Waals surface area contributed by atoms with Crippen LogP contribution in [0.3, 0.4) is 0 Å². The van der Waals surface area contributed by atoms with Crippen LogP contribution >= 0.6 is 11.8 Å². The number of nitrogens with one attached hydrogen (secondary N) is 1. The van der Waals surface area contributed by atoms with Crippen molar-refractivity contribution in [2.45, 2.75) is 103 Å². The van der Waals surface area contributed by atoms with E-state index in [2.05, 4.69) is 5.32 Å². The normalized spacial score (nSPS) is 20.7. The molecule has 49 heavy (non-hydrogen) atoms. The second-order valence-corrected chi connectivity index (χ2v) is 11.7. The molecule has 1 heterocycles. The minimum absolute atomic E-state index is 0.0283. The average molecular weight is 718 g/mol. The number of hydrogen-bond donors (Lipinski definition) is 2. The number of rotatable bonds is 16. The summed E-state index contributed by atoms with van der Waals surface area (Å²) >= 11 is 0.908. The summed E-state index contributed by atoms with van der Waals surface area (Å²) in [7, 11) is 0. The van der Waals surface area contributed by atoms with E-state index < -0.39 is 85.5 Å². The first-order chi connectivity index (χ1) is 23.1. The van der Waals surface area contributed by atoms with Crippen LogP contribution in [0.25, 0.3) is 0 Å². The van der Waals surface area contributed by atoms with Gasteiger partial charge in [0.2, 0.25) is 0 Å². The highest BCUT2D eigenvalue weighted by atomic mass is 32.2. The largest absolute Gasteiger partial charge is 0.503 e. The summed E-state index contributed by atoms with van der Waals surface area (Å²) in [4.78, 5) is 73.7. The average Bonchev–Trinajstić information content (AvgIpc) is 2.98. The van der Waals surface area contributed by atoms with Crippen molar-refractivity contribution in [1.29, 1.82) is 0 Å². The number of carbonyl (C=O) groups excluding carboxylic acids is 6. The molecule has 1 aliphatic heterocycles. The summed E-state index contributed by atoms with van der Waals surface area (Å²) in [5, 5.41) is 13.5. The molecule has 0 bridgehead atoms. The van der Waals surface area contributed by atoms with E-state index in [1.807, 2.05) is 0 Å². The fraction of sp³-hybridized carbons (Fsp3) is 0.613. The predicted octanol–water partition coefficient (Wildman–Crippen LogP) is 2.87. The Balaban J connectivity index is 2.52. The van der Waals surface area contributed by atoms with Crippen molar-refractivity contribution >= 4 is 53.4 Å². The fourth-order valence-corrected chi connectivity index (χ4v) is 5.41. The van der Waals surface area contributed by atoms with Gasteiger partial charge in [-0.2, -0.15) is 0 Å². The zero-order chi connectivity index (χ0) is 36.8. The summed E-state index contributed by atoms with van der Waals surface area (Å²) in [6, 6.07) is 2.81. The summed E-state index contributed by atoms with van der Waals surface area (Å²) in [6.07, 6.45) is -10.2. The maximum Gasteiger partial charge on any atom is 0.411 e. The molecule has 0 radical (unpaired) electrons. The Hall–Kier alpha value is -4.29. The first-order valence-corrected chi connectivity index (χ1v) is 16.3. The number of ether oxygens (including phenoxy) is 9. The van der Waals surface area contributed by atoms with Crippen LogP contribution in [-0.4, -0.2) is 110 Å². The standard InChI is InChI=1S/C31H43NO16S/c1-9-40-21-11-20(32-31(39)43-15(3)4)12-24(25(21)37)49-14-23(29(38)41-10-2)48-30-28(46-19(8)36)27(45-18(7)35)26(44-17(6)34)22(47-30)13-42-16(5)33/h11-12,15,22-23,26-28,30,37H,9-10,13-14H2,1-8H3,(H,32,39)/t22-,23?,26-,27+,28-,30-/m1/s1. The molecule has 1 saturated heterocycles. The van der Waals surface area contributed by atoms with E-state index in [0.29, 0.717) is 0 Å². The number of amides is 1. The number of esters is 5. The maximum absolute atomic E-state index is 13.2. The van der Waals surface area contributed by atoms with Gasteiger partial charge in [-0.05, 0) is 33.8 Å². The smallest absolute Gasteiger partial charge is 0.411 e. The van der Waals surface area contributed by atoms with Crippen molar-refractivity contribution in [3.05, 3.63) is 12.1 Å². The van der Waals surface area contributed by atoms with Crippen LogP contribution in [0.15, 0.2) is 17.0 Å². The molecule has 1 aromatic carbocycles. The van der Waals surface area contributed by atoms with Gasteiger partial charge in [-0.25, -0.2) is 9.59 Å². The molecule has 2 N–H and O–H groups in total. The third-order valence-corrected chi connectivity index (χ3v) is 7.21. The molecule has 0 saturated carbocycles. The number of anilines is 1. The van der Waals surface area contributed by atoms with Crippen LogP contribution in [0.2, 0.25) is 0 Å². The number of hydrogen-bond acceptors (Lipinski definition) is 17. The van der Waals surface area contributed by atoms with Gasteiger partial charge in [0.05, 0.1) is 24.2 Å². The highest BCUT2D eigenvalue weighted by molar-refractivity contribution is 7.99. The fourth-order valence-electron chi connectivity index (χ4n) is 4.42. The number of carbonyl (C=O) groups is 6. The van der Waals surface area contributed by atoms with Gasteiger partial charge in [0.1, 0.15) is 12.7 Å². The molecular weight excluding hydrogens is 674 g/mol. The molecule has 0 spiro atoms. The molecule has 1 amide bonds. The van der Waals surface area contributed by atoms with E-state index in [4.69, 9.17) is 42.6 Å². The van der Waals surface area contributed by atoms with Crippen molar-refractivity contribution in [1.82, 2.24) is 0 Å². The molecule has 0 aromatic heterocycles. The second kappa shape index (κ2) is 19.6. The van der Waals surface area contributed by atoms with E-state index in [1.54, 1.807) is 27.7 Å². The number of phenolic OH excluding ortho intramolecular Hbond substituents is 1. The molecule has 1 aliphatic rings. The van der Waals surface area contributed by atoms with E-state index in [-0.39, 0.29) is 41.0 Å². The van der Waals surface area contributed by atoms with Gasteiger partial charge in [-0.1, -0.05) is 0 Å². The summed E-state index contributed by atoms with van der Waals surface area (Å²) in [6.45, 7) is 10.5. The molecule has 17 nitrogen and oxygen atoms in total. The van der Waals surface area contributed by atoms with E-state index in [0.717, 1.165) is 39.5 Å². The number of phenols is 1. The zero-order valence-corrected chi connectivity index (χ0v) is 29.3. The lowest BCUT2D eigenvalue weighted by molar-refractivity contribution is -0.314. The summed E-state index contributed by atoms with van der Waals surface area (Å²) in [5.74, 6) is -4.67.